The number of rotatable bonds is 3. The predicted molar refractivity (Wildman–Crippen MR) is 110 cm³/mol. The van der Waals surface area contributed by atoms with Gasteiger partial charge in [-0.3, -0.25) is 9.78 Å². The summed E-state index contributed by atoms with van der Waals surface area (Å²) in [6, 6.07) is 7.61. The van der Waals surface area contributed by atoms with E-state index in [0.717, 1.165) is 63.5 Å². The number of fused-ring (bicyclic) bond motifs is 2. The second-order valence-corrected chi connectivity index (χ2v) is 8.80. The number of carbonyl (C=O) groups is 1. The highest BCUT2D eigenvalue weighted by Crippen LogP contribution is 2.44. The second-order valence-electron chi connectivity index (χ2n) is 7.23. The van der Waals surface area contributed by atoms with Crippen molar-refractivity contribution in [2.45, 2.75) is 32.0 Å². The number of halogens is 1. The van der Waals surface area contributed by atoms with E-state index in [0.29, 0.717) is 11.4 Å². The first kappa shape index (κ1) is 17.9. The molecule has 1 fully saturated rings. The van der Waals surface area contributed by atoms with Gasteiger partial charge in [-0.15, -0.1) is 11.3 Å². The molecule has 144 valence electrons. The van der Waals surface area contributed by atoms with Crippen LogP contribution in [0.4, 0.5) is 0 Å². The minimum atomic E-state index is -0.487. The number of carbonyl (C=O) groups excluding carboxylic acids is 1. The fourth-order valence-electron chi connectivity index (χ4n) is 4.08. The predicted octanol–water partition coefficient (Wildman–Crippen LogP) is 4.03. The third-order valence-electron chi connectivity index (χ3n) is 5.40. The number of benzene rings is 1. The van der Waals surface area contributed by atoms with Gasteiger partial charge in [-0.25, -0.2) is 0 Å². The van der Waals surface area contributed by atoms with Crippen molar-refractivity contribution in [2.75, 3.05) is 13.1 Å². The van der Waals surface area contributed by atoms with Crippen molar-refractivity contribution in [3.05, 3.63) is 45.9 Å². The molecule has 1 atom stereocenters. The summed E-state index contributed by atoms with van der Waals surface area (Å²) >= 11 is 7.92. The van der Waals surface area contributed by atoms with E-state index in [9.17, 15) is 9.90 Å². The molecule has 0 saturated carbocycles. The molecule has 4 heterocycles. The molecule has 0 spiro atoms. The molecule has 7 heteroatoms. The zero-order valence-corrected chi connectivity index (χ0v) is 16.7. The van der Waals surface area contributed by atoms with Crippen molar-refractivity contribution in [3.8, 4) is 16.9 Å². The smallest absolute Gasteiger partial charge is 0.263 e. The fourth-order valence-corrected chi connectivity index (χ4v) is 5.32. The van der Waals surface area contributed by atoms with Crippen molar-refractivity contribution < 1.29 is 14.6 Å². The molecule has 3 aromatic rings. The SMILES string of the molecule is O=C([C@H]1Cc2cc(Cl)cc(-c3ccnc4cc(CO)sc34)c2O1)N1CCCC1. The van der Waals surface area contributed by atoms with E-state index >= 15 is 0 Å². The van der Waals surface area contributed by atoms with Crippen LogP contribution in [0.5, 0.6) is 5.75 Å². The van der Waals surface area contributed by atoms with E-state index in [-0.39, 0.29) is 12.5 Å². The van der Waals surface area contributed by atoms with E-state index in [4.69, 9.17) is 16.3 Å². The largest absolute Gasteiger partial charge is 0.479 e. The highest BCUT2D eigenvalue weighted by Gasteiger charge is 2.35. The Morgan fingerprint density at radius 1 is 1.29 bits per heavy atom. The Bertz CT molecular complexity index is 1070. The summed E-state index contributed by atoms with van der Waals surface area (Å²) < 4.78 is 7.17. The van der Waals surface area contributed by atoms with E-state index in [1.54, 1.807) is 6.20 Å². The molecule has 1 aromatic carbocycles. The minimum Gasteiger partial charge on any atom is -0.479 e. The number of pyridine rings is 1. The van der Waals surface area contributed by atoms with Gasteiger partial charge in [0.2, 0.25) is 0 Å². The monoisotopic (exact) mass is 414 g/mol. The van der Waals surface area contributed by atoms with E-state index in [1.165, 1.54) is 11.3 Å². The van der Waals surface area contributed by atoms with E-state index in [2.05, 4.69) is 4.98 Å². The lowest BCUT2D eigenvalue weighted by atomic mass is 10.0. The highest BCUT2D eigenvalue weighted by molar-refractivity contribution is 7.19. The molecule has 1 saturated heterocycles. The molecular formula is C21H19ClN2O3S. The van der Waals surface area contributed by atoms with Crippen molar-refractivity contribution in [2.24, 2.45) is 0 Å². The number of hydrogen-bond acceptors (Lipinski definition) is 5. The molecule has 0 unspecified atom stereocenters. The van der Waals surface area contributed by atoms with Gasteiger partial charge in [-0.1, -0.05) is 11.6 Å². The summed E-state index contributed by atoms with van der Waals surface area (Å²) in [6.07, 6.45) is 3.92. The molecule has 0 aliphatic carbocycles. The second kappa shape index (κ2) is 7.03. The Morgan fingerprint density at radius 3 is 2.89 bits per heavy atom. The maximum absolute atomic E-state index is 12.8. The summed E-state index contributed by atoms with van der Waals surface area (Å²) in [5, 5.41) is 10.1. The normalized spacial score (nSPS) is 18.5. The lowest BCUT2D eigenvalue weighted by molar-refractivity contribution is -0.136. The molecule has 2 aliphatic rings. The van der Waals surface area contributed by atoms with Crippen LogP contribution < -0.4 is 4.74 Å². The maximum atomic E-state index is 12.8. The number of likely N-dealkylation sites (tertiary alicyclic amines) is 1. The third kappa shape index (κ3) is 2.96. The Labute approximate surface area is 171 Å². The van der Waals surface area contributed by atoms with Gasteiger partial charge in [0, 0.05) is 52.3 Å². The minimum absolute atomic E-state index is 0.0168. The Hall–Kier alpha value is -2.15. The molecule has 2 aromatic heterocycles. The molecule has 2 aliphatic heterocycles. The molecular weight excluding hydrogens is 396 g/mol. The Kier molecular flexibility index (Phi) is 4.50. The van der Waals surface area contributed by atoms with Gasteiger partial charge in [0.15, 0.2) is 6.10 Å². The summed E-state index contributed by atoms with van der Waals surface area (Å²) in [7, 11) is 0. The van der Waals surface area contributed by atoms with Gasteiger partial charge in [0.05, 0.1) is 16.8 Å². The lowest BCUT2D eigenvalue weighted by Gasteiger charge is -2.20. The zero-order valence-electron chi connectivity index (χ0n) is 15.2. The van der Waals surface area contributed by atoms with Crippen LogP contribution in [0.15, 0.2) is 30.5 Å². The molecule has 1 N–H and O–H groups in total. The summed E-state index contributed by atoms with van der Waals surface area (Å²) in [5.74, 6) is 0.794. The molecule has 0 radical (unpaired) electrons. The van der Waals surface area contributed by atoms with Gasteiger partial charge in [-0.2, -0.15) is 0 Å². The first-order chi connectivity index (χ1) is 13.6. The summed E-state index contributed by atoms with van der Waals surface area (Å²) in [6.45, 7) is 1.61. The molecule has 1 amide bonds. The van der Waals surface area contributed by atoms with Crippen LogP contribution in [0.1, 0.15) is 23.3 Å². The Morgan fingerprint density at radius 2 is 2.11 bits per heavy atom. The van der Waals surface area contributed by atoms with Crippen LogP contribution >= 0.6 is 22.9 Å². The quantitative estimate of drug-likeness (QED) is 0.702. The molecule has 28 heavy (non-hydrogen) atoms. The van der Waals surface area contributed by atoms with Gasteiger partial charge in [0.25, 0.3) is 5.91 Å². The van der Waals surface area contributed by atoms with Gasteiger partial charge in [-0.05, 0) is 37.1 Å². The Balaban J connectivity index is 1.57. The molecule has 0 bridgehead atoms. The number of aromatic nitrogens is 1. The highest BCUT2D eigenvalue weighted by atomic mass is 35.5. The topological polar surface area (TPSA) is 62.7 Å². The van der Waals surface area contributed by atoms with Crippen LogP contribution in [-0.2, 0) is 17.8 Å². The van der Waals surface area contributed by atoms with Gasteiger partial charge in [0.1, 0.15) is 5.75 Å². The number of ether oxygens (including phenoxy) is 1. The first-order valence-electron chi connectivity index (χ1n) is 9.40. The lowest BCUT2D eigenvalue weighted by Crippen LogP contribution is -2.39. The van der Waals surface area contributed by atoms with Crippen molar-refractivity contribution in [1.82, 2.24) is 9.88 Å². The van der Waals surface area contributed by atoms with Crippen LogP contribution in [0, 0.1) is 0 Å². The first-order valence-corrected chi connectivity index (χ1v) is 10.6. The fraction of sp³-hybridized carbons (Fsp3) is 0.333. The standard InChI is InChI=1S/C21H19ClN2O3S/c22-13-7-12-8-18(21(26)24-5-1-2-6-24)27-19(12)16(9-13)15-3-4-23-17-10-14(11-25)28-20(15)17/h3-4,7,9-10,18,25H,1-2,5-6,8,11H2/t18-/m1/s1. The number of aliphatic hydroxyl groups is 1. The van der Waals surface area contributed by atoms with Crippen LogP contribution in [-0.4, -0.2) is 40.1 Å². The average molecular weight is 415 g/mol. The average Bonchev–Trinajstić information content (AvgIpc) is 3.44. The van der Waals surface area contributed by atoms with Crippen molar-refractivity contribution >= 4 is 39.1 Å². The van der Waals surface area contributed by atoms with Crippen molar-refractivity contribution in [3.63, 3.8) is 0 Å². The van der Waals surface area contributed by atoms with Crippen molar-refractivity contribution in [1.29, 1.82) is 0 Å². The number of hydrogen-bond donors (Lipinski definition) is 1. The van der Waals surface area contributed by atoms with E-state index in [1.807, 2.05) is 29.2 Å². The zero-order chi connectivity index (χ0) is 19.3. The molecule has 5 nitrogen and oxygen atoms in total. The van der Waals surface area contributed by atoms with Gasteiger partial charge >= 0.3 is 0 Å². The number of aliphatic hydroxyl groups excluding tert-OH is 1. The number of nitrogens with zero attached hydrogens (tertiary/aromatic N) is 2. The van der Waals surface area contributed by atoms with Crippen LogP contribution in [0.2, 0.25) is 5.02 Å². The maximum Gasteiger partial charge on any atom is 0.263 e. The van der Waals surface area contributed by atoms with E-state index < -0.39 is 6.10 Å². The van der Waals surface area contributed by atoms with Gasteiger partial charge < -0.3 is 14.7 Å². The molecule has 5 rings (SSSR count). The third-order valence-corrected chi connectivity index (χ3v) is 6.76. The van der Waals surface area contributed by atoms with Crippen LogP contribution in [0.3, 0.4) is 0 Å². The summed E-state index contributed by atoms with van der Waals surface area (Å²) in [4.78, 5) is 20.0. The number of thiophene rings is 1. The van der Waals surface area contributed by atoms with Crippen LogP contribution in [0.25, 0.3) is 21.3 Å². The summed E-state index contributed by atoms with van der Waals surface area (Å²) in [5.41, 5.74) is 3.63. The number of amides is 1.